The summed E-state index contributed by atoms with van der Waals surface area (Å²) in [5.74, 6) is -0.120. The molecule has 3 nitrogen and oxygen atoms in total. The lowest BCUT2D eigenvalue weighted by Crippen LogP contribution is -2.32. The Morgan fingerprint density at radius 2 is 2.12 bits per heavy atom. The van der Waals surface area contributed by atoms with Gasteiger partial charge in [0.25, 0.3) is 5.91 Å². The molecule has 1 saturated carbocycles. The number of aliphatic hydroxyl groups is 1. The summed E-state index contributed by atoms with van der Waals surface area (Å²) < 4.78 is 0. The molecule has 1 amide bonds. The van der Waals surface area contributed by atoms with Crippen LogP contribution in [0.3, 0.4) is 0 Å². The lowest BCUT2D eigenvalue weighted by molar-refractivity contribution is 0.0932. The molecule has 16 heavy (non-hydrogen) atoms. The van der Waals surface area contributed by atoms with E-state index in [1.165, 1.54) is 0 Å². The fourth-order valence-electron chi connectivity index (χ4n) is 1.60. The molecule has 0 saturated heterocycles. The maximum atomic E-state index is 11.8. The molecule has 0 radical (unpaired) electrons. The number of hydrogen-bond acceptors (Lipinski definition) is 3. The molecule has 1 aromatic rings. The van der Waals surface area contributed by atoms with Gasteiger partial charge >= 0.3 is 0 Å². The molecule has 0 aliphatic heterocycles. The normalized spacial score (nSPS) is 16.9. The fraction of sp³-hybridized carbons (Fsp3) is 0.417. The van der Waals surface area contributed by atoms with Gasteiger partial charge in [0, 0.05) is 16.9 Å². The first-order valence-electron chi connectivity index (χ1n) is 5.34. The third-order valence-corrected chi connectivity index (χ3v) is 3.46. The zero-order chi connectivity index (χ0) is 11.6. The smallest absolute Gasteiger partial charge is 0.252 e. The first-order chi connectivity index (χ1) is 7.67. The number of benzene rings is 1. The van der Waals surface area contributed by atoms with Crippen molar-refractivity contribution in [1.29, 1.82) is 0 Å². The van der Waals surface area contributed by atoms with Crippen LogP contribution in [-0.4, -0.2) is 24.2 Å². The Labute approximate surface area is 100 Å². The molecule has 0 bridgehead atoms. The molecule has 86 valence electrons. The van der Waals surface area contributed by atoms with Gasteiger partial charge in [-0.2, -0.15) is 0 Å². The quantitative estimate of drug-likeness (QED) is 0.695. The van der Waals surface area contributed by atoms with Crippen LogP contribution in [0, 0.1) is 5.41 Å². The largest absolute Gasteiger partial charge is 0.396 e. The van der Waals surface area contributed by atoms with E-state index in [2.05, 4.69) is 17.9 Å². The molecule has 0 unspecified atom stereocenters. The van der Waals surface area contributed by atoms with E-state index >= 15 is 0 Å². The number of carbonyl (C=O) groups is 1. The van der Waals surface area contributed by atoms with Gasteiger partial charge in [0.15, 0.2) is 0 Å². The van der Waals surface area contributed by atoms with Crippen LogP contribution >= 0.6 is 12.6 Å². The van der Waals surface area contributed by atoms with Gasteiger partial charge < -0.3 is 10.4 Å². The summed E-state index contributed by atoms with van der Waals surface area (Å²) >= 11 is 4.23. The molecule has 2 N–H and O–H groups in total. The van der Waals surface area contributed by atoms with Gasteiger partial charge in [0.05, 0.1) is 12.2 Å². The van der Waals surface area contributed by atoms with Crippen LogP contribution < -0.4 is 5.32 Å². The number of amides is 1. The summed E-state index contributed by atoms with van der Waals surface area (Å²) in [4.78, 5) is 12.5. The van der Waals surface area contributed by atoms with Crippen molar-refractivity contribution in [2.24, 2.45) is 5.41 Å². The molecule has 0 aromatic heterocycles. The third-order valence-electron chi connectivity index (χ3n) is 3.07. The van der Waals surface area contributed by atoms with E-state index in [1.807, 2.05) is 12.1 Å². The Hall–Kier alpha value is -1.00. The second-order valence-corrected chi connectivity index (χ2v) is 4.84. The highest BCUT2D eigenvalue weighted by Crippen LogP contribution is 2.44. The highest BCUT2D eigenvalue weighted by atomic mass is 32.1. The Morgan fingerprint density at radius 3 is 2.69 bits per heavy atom. The molecular formula is C12H15NO2S. The molecule has 0 spiro atoms. The van der Waals surface area contributed by atoms with Gasteiger partial charge in [-0.05, 0) is 25.0 Å². The average molecular weight is 237 g/mol. The van der Waals surface area contributed by atoms with E-state index < -0.39 is 0 Å². The van der Waals surface area contributed by atoms with Gasteiger partial charge in [0.1, 0.15) is 0 Å². The molecule has 0 heterocycles. The van der Waals surface area contributed by atoms with Crippen molar-refractivity contribution in [3.8, 4) is 0 Å². The minimum absolute atomic E-state index is 0.0544. The zero-order valence-electron chi connectivity index (χ0n) is 8.94. The highest BCUT2D eigenvalue weighted by Gasteiger charge is 2.42. The van der Waals surface area contributed by atoms with Crippen molar-refractivity contribution in [1.82, 2.24) is 5.32 Å². The molecule has 2 rings (SSSR count). The summed E-state index contributed by atoms with van der Waals surface area (Å²) in [7, 11) is 0. The van der Waals surface area contributed by atoms with Gasteiger partial charge in [0.2, 0.25) is 0 Å². The third kappa shape index (κ3) is 2.39. The van der Waals surface area contributed by atoms with E-state index in [0.29, 0.717) is 17.0 Å². The topological polar surface area (TPSA) is 49.3 Å². The predicted molar refractivity (Wildman–Crippen MR) is 64.8 cm³/mol. The maximum Gasteiger partial charge on any atom is 0.252 e. The van der Waals surface area contributed by atoms with Crippen LogP contribution in [0.4, 0.5) is 0 Å². The molecule has 1 aliphatic rings. The van der Waals surface area contributed by atoms with Crippen LogP contribution in [0.1, 0.15) is 23.2 Å². The fourth-order valence-corrected chi connectivity index (χ4v) is 1.86. The molecular weight excluding hydrogens is 222 g/mol. The van der Waals surface area contributed by atoms with E-state index in [4.69, 9.17) is 5.11 Å². The van der Waals surface area contributed by atoms with Crippen LogP contribution in [0.2, 0.25) is 0 Å². The van der Waals surface area contributed by atoms with E-state index in [-0.39, 0.29) is 17.9 Å². The van der Waals surface area contributed by atoms with Gasteiger partial charge in [-0.3, -0.25) is 4.79 Å². The van der Waals surface area contributed by atoms with Gasteiger partial charge in [-0.1, -0.05) is 12.1 Å². The zero-order valence-corrected chi connectivity index (χ0v) is 9.83. The average Bonchev–Trinajstić information content (AvgIpc) is 3.07. The summed E-state index contributed by atoms with van der Waals surface area (Å²) in [6.07, 6.45) is 1.98. The van der Waals surface area contributed by atoms with Crippen LogP contribution in [-0.2, 0) is 0 Å². The standard InChI is InChI=1S/C12H15NO2S/c14-8-12(5-6-12)7-13-11(15)9-3-1-2-4-10(9)16/h1-4,14,16H,5-8H2,(H,13,15). The number of thiol groups is 1. The molecule has 1 aromatic carbocycles. The number of nitrogens with one attached hydrogen (secondary N) is 1. The van der Waals surface area contributed by atoms with Crippen molar-refractivity contribution in [3.63, 3.8) is 0 Å². The first kappa shape index (κ1) is 11.5. The van der Waals surface area contributed by atoms with Crippen molar-refractivity contribution >= 4 is 18.5 Å². The van der Waals surface area contributed by atoms with Crippen LogP contribution in [0.25, 0.3) is 0 Å². The van der Waals surface area contributed by atoms with E-state index in [0.717, 1.165) is 12.8 Å². The Balaban J connectivity index is 1.96. The summed E-state index contributed by atoms with van der Waals surface area (Å²) in [6, 6.07) is 7.19. The van der Waals surface area contributed by atoms with Crippen molar-refractivity contribution in [2.45, 2.75) is 17.7 Å². The number of rotatable bonds is 4. The van der Waals surface area contributed by atoms with Crippen LogP contribution in [0.5, 0.6) is 0 Å². The molecule has 0 atom stereocenters. The molecule has 1 aliphatic carbocycles. The summed E-state index contributed by atoms with van der Waals surface area (Å²) in [5, 5.41) is 12.0. The number of hydrogen-bond donors (Lipinski definition) is 3. The second-order valence-electron chi connectivity index (χ2n) is 4.36. The Morgan fingerprint density at radius 1 is 1.44 bits per heavy atom. The Kier molecular flexibility index (Phi) is 3.21. The Bertz CT molecular complexity index is 402. The number of carbonyl (C=O) groups excluding carboxylic acids is 1. The minimum Gasteiger partial charge on any atom is -0.396 e. The minimum atomic E-state index is -0.120. The van der Waals surface area contributed by atoms with E-state index in [1.54, 1.807) is 12.1 Å². The van der Waals surface area contributed by atoms with Gasteiger partial charge in [-0.25, -0.2) is 0 Å². The van der Waals surface area contributed by atoms with Crippen molar-refractivity contribution in [3.05, 3.63) is 29.8 Å². The lowest BCUT2D eigenvalue weighted by atomic mass is 10.1. The van der Waals surface area contributed by atoms with Crippen LogP contribution in [0.15, 0.2) is 29.2 Å². The summed E-state index contributed by atoms with van der Waals surface area (Å²) in [5.41, 5.74) is 0.529. The second kappa shape index (κ2) is 4.47. The summed E-state index contributed by atoms with van der Waals surface area (Å²) in [6.45, 7) is 0.695. The highest BCUT2D eigenvalue weighted by molar-refractivity contribution is 7.80. The number of aliphatic hydroxyl groups excluding tert-OH is 1. The van der Waals surface area contributed by atoms with E-state index in [9.17, 15) is 4.79 Å². The lowest BCUT2D eigenvalue weighted by Gasteiger charge is -2.13. The molecule has 1 fully saturated rings. The first-order valence-corrected chi connectivity index (χ1v) is 5.79. The predicted octanol–water partition coefficient (Wildman–Crippen LogP) is 1.48. The maximum absolute atomic E-state index is 11.8. The molecule has 4 heteroatoms. The SMILES string of the molecule is O=C(NCC1(CO)CC1)c1ccccc1S. The monoisotopic (exact) mass is 237 g/mol. The van der Waals surface area contributed by atoms with Crippen molar-refractivity contribution in [2.75, 3.05) is 13.2 Å². The van der Waals surface area contributed by atoms with Gasteiger partial charge in [-0.15, -0.1) is 12.6 Å². The van der Waals surface area contributed by atoms with Crippen molar-refractivity contribution < 1.29 is 9.90 Å².